The lowest BCUT2D eigenvalue weighted by molar-refractivity contribution is 1.17. The van der Waals surface area contributed by atoms with Crippen molar-refractivity contribution in [2.45, 2.75) is 12.8 Å². The van der Waals surface area contributed by atoms with Crippen molar-refractivity contribution >= 4 is 0 Å². The van der Waals surface area contributed by atoms with Crippen molar-refractivity contribution in [2.24, 2.45) is 0 Å². The molecule has 70 valence electrons. The molecule has 0 aliphatic rings. The average Bonchev–Trinajstić information content (AvgIpc) is 2.21. The van der Waals surface area contributed by atoms with E-state index in [4.69, 9.17) is 6.42 Å². The number of terminal acetylenes is 1. The van der Waals surface area contributed by atoms with E-state index in [1.54, 1.807) is 6.08 Å². The van der Waals surface area contributed by atoms with Crippen molar-refractivity contribution in [3.63, 3.8) is 0 Å². The molecule has 0 aliphatic heterocycles. The highest BCUT2D eigenvalue weighted by Crippen LogP contribution is 2.10. The van der Waals surface area contributed by atoms with Gasteiger partial charge in [-0.3, -0.25) is 0 Å². The van der Waals surface area contributed by atoms with Gasteiger partial charge in [-0.05, 0) is 17.5 Å². The summed E-state index contributed by atoms with van der Waals surface area (Å²) in [6.07, 6.45) is 12.7. The van der Waals surface area contributed by atoms with E-state index in [1.807, 2.05) is 18.2 Å². The zero-order valence-electron chi connectivity index (χ0n) is 8.24. The normalized spacial score (nSPS) is 9.93. The summed E-state index contributed by atoms with van der Waals surface area (Å²) in [6, 6.07) is 8.25. The van der Waals surface area contributed by atoms with Gasteiger partial charge in [0.1, 0.15) is 0 Å². The van der Waals surface area contributed by atoms with Gasteiger partial charge >= 0.3 is 0 Å². The van der Waals surface area contributed by atoms with Crippen LogP contribution in [0.25, 0.3) is 0 Å². The van der Waals surface area contributed by atoms with Crippen molar-refractivity contribution in [3.8, 4) is 12.3 Å². The van der Waals surface area contributed by atoms with Crippen LogP contribution in [0, 0.1) is 12.3 Å². The molecule has 1 rings (SSSR count). The Bertz CT molecular complexity index is 364. The molecular weight excluding hydrogens is 168 g/mol. The molecule has 14 heavy (non-hydrogen) atoms. The first-order valence-electron chi connectivity index (χ1n) is 4.66. The number of allylic oxidation sites excluding steroid dienone is 3. The van der Waals surface area contributed by atoms with Crippen LogP contribution in [0.3, 0.4) is 0 Å². The van der Waals surface area contributed by atoms with Crippen molar-refractivity contribution in [3.05, 3.63) is 60.2 Å². The Labute approximate surface area is 86.0 Å². The van der Waals surface area contributed by atoms with Gasteiger partial charge in [0.25, 0.3) is 0 Å². The predicted octanol–water partition coefficient (Wildman–Crippen LogP) is 3.15. The Balaban J connectivity index is 2.79. The van der Waals surface area contributed by atoms with Gasteiger partial charge in [-0.1, -0.05) is 49.1 Å². The summed E-state index contributed by atoms with van der Waals surface area (Å²) in [4.78, 5) is 0. The molecule has 0 fully saturated rings. The molecule has 0 heterocycles. The van der Waals surface area contributed by atoms with Gasteiger partial charge < -0.3 is 0 Å². The minimum atomic E-state index is 0.706. The zero-order valence-corrected chi connectivity index (χ0v) is 8.24. The molecule has 0 radical (unpaired) electrons. The second-order valence-electron chi connectivity index (χ2n) is 3.02. The lowest BCUT2D eigenvalue weighted by Crippen LogP contribution is -1.90. The fourth-order valence-corrected chi connectivity index (χ4v) is 1.33. The summed E-state index contributed by atoms with van der Waals surface area (Å²) in [6.45, 7) is 3.63. The van der Waals surface area contributed by atoms with E-state index in [9.17, 15) is 0 Å². The van der Waals surface area contributed by atoms with E-state index in [1.165, 1.54) is 11.1 Å². The minimum absolute atomic E-state index is 0.706. The lowest BCUT2D eigenvalue weighted by atomic mass is 10.0. The number of rotatable bonds is 4. The van der Waals surface area contributed by atoms with E-state index < -0.39 is 0 Å². The zero-order chi connectivity index (χ0) is 10.2. The summed E-state index contributed by atoms with van der Waals surface area (Å²) in [7, 11) is 0. The molecule has 0 saturated carbocycles. The molecule has 0 spiro atoms. The summed E-state index contributed by atoms with van der Waals surface area (Å²) >= 11 is 0. The van der Waals surface area contributed by atoms with Crippen LogP contribution in [0.1, 0.15) is 11.1 Å². The van der Waals surface area contributed by atoms with Crippen LogP contribution in [-0.2, 0) is 12.8 Å². The van der Waals surface area contributed by atoms with Crippen LogP contribution in [0.5, 0.6) is 0 Å². The summed E-state index contributed by atoms with van der Waals surface area (Å²) in [5, 5.41) is 0. The van der Waals surface area contributed by atoms with Gasteiger partial charge in [-0.15, -0.1) is 12.3 Å². The van der Waals surface area contributed by atoms with Gasteiger partial charge in [0.15, 0.2) is 0 Å². The van der Waals surface area contributed by atoms with E-state index in [-0.39, 0.29) is 0 Å². The van der Waals surface area contributed by atoms with E-state index in [0.29, 0.717) is 6.42 Å². The molecule has 0 amide bonds. The molecule has 0 aliphatic carbocycles. The summed E-state index contributed by atoms with van der Waals surface area (Å²) < 4.78 is 0. The molecule has 0 saturated heterocycles. The van der Waals surface area contributed by atoms with E-state index in [0.717, 1.165) is 6.42 Å². The van der Waals surface area contributed by atoms with Gasteiger partial charge in [-0.25, -0.2) is 0 Å². The predicted molar refractivity (Wildman–Crippen MR) is 62.0 cm³/mol. The molecule has 1 aromatic carbocycles. The SMILES string of the molecule is C#CCc1ccccc1C/C=C/C=C. The molecule has 1 aromatic rings. The summed E-state index contributed by atoms with van der Waals surface area (Å²) in [5.74, 6) is 2.67. The third kappa shape index (κ3) is 2.95. The molecule has 0 unspecified atom stereocenters. The largest absolute Gasteiger partial charge is 0.120 e. The number of hydrogen-bond acceptors (Lipinski definition) is 0. The monoisotopic (exact) mass is 182 g/mol. The molecular formula is C14H14. The van der Waals surface area contributed by atoms with Crippen LogP contribution in [0.4, 0.5) is 0 Å². The second-order valence-corrected chi connectivity index (χ2v) is 3.02. The highest BCUT2D eigenvalue weighted by Gasteiger charge is 1.96. The smallest absolute Gasteiger partial charge is 0.0340 e. The maximum Gasteiger partial charge on any atom is 0.0340 e. The standard InChI is InChI=1S/C14H14/c1-3-5-6-10-14-12-8-7-11-13(14)9-4-2/h2-3,5-8,11-12H,1,9-10H2/b6-5+. The van der Waals surface area contributed by atoms with Crippen molar-refractivity contribution < 1.29 is 0 Å². The third-order valence-corrected chi connectivity index (χ3v) is 2.02. The Hall–Kier alpha value is -1.74. The first-order chi connectivity index (χ1) is 6.88. The van der Waals surface area contributed by atoms with Gasteiger partial charge in [0.05, 0.1) is 0 Å². The van der Waals surface area contributed by atoms with Gasteiger partial charge in [0, 0.05) is 6.42 Å². The van der Waals surface area contributed by atoms with Crippen molar-refractivity contribution in [2.75, 3.05) is 0 Å². The molecule has 0 bridgehead atoms. The maximum atomic E-state index is 5.30. The van der Waals surface area contributed by atoms with E-state index in [2.05, 4.69) is 30.7 Å². The lowest BCUT2D eigenvalue weighted by Gasteiger charge is -2.03. The van der Waals surface area contributed by atoms with Crippen molar-refractivity contribution in [1.82, 2.24) is 0 Å². The third-order valence-electron chi connectivity index (χ3n) is 2.02. The topological polar surface area (TPSA) is 0 Å². The molecule has 0 N–H and O–H groups in total. The molecule has 0 aromatic heterocycles. The van der Waals surface area contributed by atoms with Crippen LogP contribution >= 0.6 is 0 Å². The van der Waals surface area contributed by atoms with Crippen LogP contribution < -0.4 is 0 Å². The maximum absolute atomic E-state index is 5.30. The Kier molecular flexibility index (Phi) is 4.31. The van der Waals surface area contributed by atoms with Gasteiger partial charge in [0.2, 0.25) is 0 Å². The number of benzene rings is 1. The molecule has 0 heteroatoms. The Morgan fingerprint density at radius 1 is 1.29 bits per heavy atom. The minimum Gasteiger partial charge on any atom is -0.120 e. The first kappa shape index (κ1) is 10.3. The van der Waals surface area contributed by atoms with Crippen LogP contribution in [0.2, 0.25) is 0 Å². The van der Waals surface area contributed by atoms with E-state index >= 15 is 0 Å². The fourth-order valence-electron chi connectivity index (χ4n) is 1.33. The Morgan fingerprint density at radius 3 is 2.64 bits per heavy atom. The first-order valence-corrected chi connectivity index (χ1v) is 4.66. The fraction of sp³-hybridized carbons (Fsp3) is 0.143. The molecule has 0 atom stereocenters. The second kappa shape index (κ2) is 5.83. The quantitative estimate of drug-likeness (QED) is 0.495. The average molecular weight is 182 g/mol. The number of hydrogen-bond donors (Lipinski definition) is 0. The Morgan fingerprint density at radius 2 is 2.00 bits per heavy atom. The van der Waals surface area contributed by atoms with Crippen LogP contribution in [-0.4, -0.2) is 0 Å². The summed E-state index contributed by atoms with van der Waals surface area (Å²) in [5.41, 5.74) is 2.53. The van der Waals surface area contributed by atoms with Crippen LogP contribution in [0.15, 0.2) is 49.1 Å². The van der Waals surface area contributed by atoms with Gasteiger partial charge in [-0.2, -0.15) is 0 Å². The molecule has 0 nitrogen and oxygen atoms in total. The highest BCUT2D eigenvalue weighted by molar-refractivity contribution is 5.31. The highest BCUT2D eigenvalue weighted by atomic mass is 14.0. The van der Waals surface area contributed by atoms with Crippen molar-refractivity contribution in [1.29, 1.82) is 0 Å².